The average molecular weight is 340 g/mol. The number of carbonyl (C=O) groups is 1. The molecule has 2 N–H and O–H groups in total. The van der Waals surface area contributed by atoms with Gasteiger partial charge in [-0.15, -0.1) is 0 Å². The van der Waals surface area contributed by atoms with E-state index in [9.17, 15) is 14.9 Å². The van der Waals surface area contributed by atoms with Crippen LogP contribution in [0.4, 0.5) is 11.4 Å². The van der Waals surface area contributed by atoms with Crippen LogP contribution in [0.3, 0.4) is 0 Å². The first-order valence-electron chi connectivity index (χ1n) is 7.62. The molecule has 0 aliphatic heterocycles. The summed E-state index contributed by atoms with van der Waals surface area (Å²) in [4.78, 5) is 26.9. The third kappa shape index (κ3) is 3.74. The highest BCUT2D eigenvalue weighted by molar-refractivity contribution is 5.97. The predicted molar refractivity (Wildman–Crippen MR) is 92.2 cm³/mol. The van der Waals surface area contributed by atoms with Crippen molar-refractivity contribution in [3.63, 3.8) is 0 Å². The van der Waals surface area contributed by atoms with E-state index in [1.807, 2.05) is 0 Å². The van der Waals surface area contributed by atoms with Crippen molar-refractivity contribution in [2.45, 2.75) is 13.5 Å². The lowest BCUT2D eigenvalue weighted by Crippen LogP contribution is -2.29. The zero-order valence-corrected chi connectivity index (χ0v) is 13.5. The Morgan fingerprint density at radius 1 is 1.32 bits per heavy atom. The third-order valence-electron chi connectivity index (χ3n) is 3.62. The van der Waals surface area contributed by atoms with Crippen LogP contribution in [0.5, 0.6) is 0 Å². The largest absolute Gasteiger partial charge is 0.467 e. The maximum atomic E-state index is 12.0. The molecule has 0 bridgehead atoms. The Labute approximate surface area is 143 Å². The number of pyridine rings is 1. The molecule has 128 valence electrons. The molecule has 25 heavy (non-hydrogen) atoms. The van der Waals surface area contributed by atoms with E-state index in [4.69, 9.17) is 4.42 Å². The number of amides is 1. The first-order valence-corrected chi connectivity index (χ1v) is 7.62. The van der Waals surface area contributed by atoms with Crippen molar-refractivity contribution in [2.24, 2.45) is 0 Å². The van der Waals surface area contributed by atoms with Crippen molar-refractivity contribution in [1.29, 1.82) is 0 Å². The standard InChI is InChI=1S/C17H16N4O4/c1-11-8-14(13-5-2-6-15(21(23)24)17(13)20-11)18-10-16(22)19-9-12-4-3-7-25-12/h2-8H,9-10H2,1H3,(H,18,20)(H,19,22). The fourth-order valence-electron chi connectivity index (χ4n) is 2.49. The molecule has 1 amide bonds. The van der Waals surface area contributed by atoms with Gasteiger partial charge in [-0.25, -0.2) is 4.98 Å². The van der Waals surface area contributed by atoms with Gasteiger partial charge in [0.15, 0.2) is 5.52 Å². The maximum absolute atomic E-state index is 12.0. The monoisotopic (exact) mass is 340 g/mol. The number of furan rings is 1. The number of fused-ring (bicyclic) bond motifs is 1. The molecule has 1 aromatic carbocycles. The molecule has 8 nitrogen and oxygen atoms in total. The lowest BCUT2D eigenvalue weighted by molar-refractivity contribution is -0.383. The van der Waals surface area contributed by atoms with Crippen LogP contribution >= 0.6 is 0 Å². The molecular weight excluding hydrogens is 324 g/mol. The molecule has 0 spiro atoms. The number of nitrogens with one attached hydrogen (secondary N) is 2. The molecule has 2 heterocycles. The van der Waals surface area contributed by atoms with Gasteiger partial charge in [-0.3, -0.25) is 14.9 Å². The summed E-state index contributed by atoms with van der Waals surface area (Å²) in [5.74, 6) is 0.443. The summed E-state index contributed by atoms with van der Waals surface area (Å²) in [5, 5.41) is 17.5. The number of non-ortho nitro benzene ring substituents is 1. The number of carbonyl (C=O) groups excluding carboxylic acids is 1. The summed E-state index contributed by atoms with van der Waals surface area (Å²) in [6, 6.07) is 10.0. The third-order valence-corrected chi connectivity index (χ3v) is 3.62. The second kappa shape index (κ2) is 7.00. The molecule has 0 radical (unpaired) electrons. The van der Waals surface area contributed by atoms with E-state index < -0.39 is 4.92 Å². The second-order valence-electron chi connectivity index (χ2n) is 5.45. The number of hydrogen-bond acceptors (Lipinski definition) is 6. The number of nitro benzene ring substituents is 1. The van der Waals surface area contributed by atoms with Gasteiger partial charge in [-0.1, -0.05) is 12.1 Å². The molecule has 0 unspecified atom stereocenters. The molecule has 0 aliphatic rings. The van der Waals surface area contributed by atoms with E-state index in [-0.39, 0.29) is 18.1 Å². The number of aromatic nitrogens is 1. The smallest absolute Gasteiger partial charge is 0.295 e. The summed E-state index contributed by atoms with van der Waals surface area (Å²) in [6.07, 6.45) is 1.54. The molecular formula is C17H16N4O4. The van der Waals surface area contributed by atoms with Gasteiger partial charge in [-0.2, -0.15) is 0 Å². The Bertz CT molecular complexity index is 922. The predicted octanol–water partition coefficient (Wildman–Crippen LogP) is 2.77. The Balaban J connectivity index is 1.76. The highest BCUT2D eigenvalue weighted by Gasteiger charge is 2.16. The van der Waals surface area contributed by atoms with Crippen LogP contribution in [0.15, 0.2) is 47.1 Å². The van der Waals surface area contributed by atoms with Gasteiger partial charge < -0.3 is 15.1 Å². The van der Waals surface area contributed by atoms with Crippen LogP contribution in [-0.2, 0) is 11.3 Å². The van der Waals surface area contributed by atoms with Gasteiger partial charge in [0.25, 0.3) is 5.69 Å². The maximum Gasteiger partial charge on any atom is 0.295 e. The quantitative estimate of drug-likeness (QED) is 0.527. The van der Waals surface area contributed by atoms with Crippen molar-refractivity contribution in [1.82, 2.24) is 10.3 Å². The lowest BCUT2D eigenvalue weighted by atomic mass is 10.1. The zero-order valence-electron chi connectivity index (χ0n) is 13.5. The summed E-state index contributed by atoms with van der Waals surface area (Å²) in [7, 11) is 0. The van der Waals surface area contributed by atoms with E-state index in [1.54, 1.807) is 43.5 Å². The van der Waals surface area contributed by atoms with Crippen LogP contribution in [-0.4, -0.2) is 22.4 Å². The van der Waals surface area contributed by atoms with Gasteiger partial charge in [-0.05, 0) is 25.1 Å². The number of rotatable bonds is 6. The van der Waals surface area contributed by atoms with Gasteiger partial charge >= 0.3 is 0 Å². The Hall–Kier alpha value is -3.42. The van der Waals surface area contributed by atoms with Crippen molar-refractivity contribution in [3.8, 4) is 0 Å². The number of benzene rings is 1. The molecule has 2 aromatic heterocycles. The normalized spacial score (nSPS) is 10.6. The Kier molecular flexibility index (Phi) is 4.60. The molecule has 0 saturated carbocycles. The summed E-state index contributed by atoms with van der Waals surface area (Å²) >= 11 is 0. The molecule has 0 saturated heterocycles. The number of nitrogens with zero attached hydrogens (tertiary/aromatic N) is 2. The number of aryl methyl sites for hydroxylation is 1. The molecule has 0 aliphatic carbocycles. The number of para-hydroxylation sites is 1. The highest BCUT2D eigenvalue weighted by atomic mass is 16.6. The van der Waals surface area contributed by atoms with Crippen LogP contribution < -0.4 is 10.6 Å². The van der Waals surface area contributed by atoms with Gasteiger partial charge in [0.05, 0.1) is 24.3 Å². The topological polar surface area (TPSA) is 110 Å². The van der Waals surface area contributed by atoms with E-state index in [0.717, 1.165) is 0 Å². The minimum Gasteiger partial charge on any atom is -0.467 e. The van der Waals surface area contributed by atoms with Crippen molar-refractivity contribution in [3.05, 3.63) is 64.2 Å². The number of anilines is 1. The Morgan fingerprint density at radius 2 is 2.16 bits per heavy atom. The van der Waals surface area contributed by atoms with Crippen molar-refractivity contribution < 1.29 is 14.1 Å². The molecule has 0 fully saturated rings. The first kappa shape index (κ1) is 16.4. The minimum absolute atomic E-state index is 0.0297. The van der Waals surface area contributed by atoms with Gasteiger partial charge in [0.1, 0.15) is 5.76 Å². The molecule has 3 aromatic rings. The average Bonchev–Trinajstić information content (AvgIpc) is 3.10. The zero-order chi connectivity index (χ0) is 17.8. The Morgan fingerprint density at radius 3 is 2.88 bits per heavy atom. The van der Waals surface area contributed by atoms with E-state index >= 15 is 0 Å². The summed E-state index contributed by atoms with van der Waals surface area (Å²) < 4.78 is 5.15. The number of nitro groups is 1. The molecule has 3 rings (SSSR count). The fourth-order valence-corrected chi connectivity index (χ4v) is 2.49. The van der Waals surface area contributed by atoms with E-state index in [1.165, 1.54) is 6.07 Å². The van der Waals surface area contributed by atoms with Crippen LogP contribution in [0, 0.1) is 17.0 Å². The summed E-state index contributed by atoms with van der Waals surface area (Å²) in [5.41, 5.74) is 1.48. The van der Waals surface area contributed by atoms with Crippen LogP contribution in [0.2, 0.25) is 0 Å². The summed E-state index contributed by atoms with van der Waals surface area (Å²) in [6.45, 7) is 2.08. The van der Waals surface area contributed by atoms with E-state index in [0.29, 0.717) is 34.6 Å². The fraction of sp³-hybridized carbons (Fsp3) is 0.176. The van der Waals surface area contributed by atoms with E-state index in [2.05, 4.69) is 15.6 Å². The SMILES string of the molecule is Cc1cc(NCC(=O)NCc2ccco2)c2cccc([N+](=O)[O-])c2n1. The second-order valence-corrected chi connectivity index (χ2v) is 5.45. The van der Waals surface area contributed by atoms with Gasteiger partial charge in [0, 0.05) is 22.8 Å². The number of hydrogen-bond donors (Lipinski definition) is 2. The lowest BCUT2D eigenvalue weighted by Gasteiger charge is -2.11. The van der Waals surface area contributed by atoms with Crippen LogP contribution in [0.1, 0.15) is 11.5 Å². The first-order chi connectivity index (χ1) is 12.0. The molecule has 0 atom stereocenters. The van der Waals surface area contributed by atoms with Crippen molar-refractivity contribution in [2.75, 3.05) is 11.9 Å². The van der Waals surface area contributed by atoms with Crippen molar-refractivity contribution >= 4 is 28.2 Å². The molecule has 8 heteroatoms. The van der Waals surface area contributed by atoms with Crippen LogP contribution in [0.25, 0.3) is 10.9 Å². The highest BCUT2D eigenvalue weighted by Crippen LogP contribution is 2.29. The van der Waals surface area contributed by atoms with Gasteiger partial charge in [0.2, 0.25) is 5.91 Å². The minimum atomic E-state index is -0.464.